The monoisotopic (exact) mass is 573 g/mol. The first-order valence-electron chi connectivity index (χ1n) is 12.2. The quantitative estimate of drug-likeness (QED) is 0.0421. The number of guanidine groups is 1. The molecule has 0 aromatic rings. The predicted octanol–water partition coefficient (Wildman–Crippen LogP) is -4.58. The van der Waals surface area contributed by atoms with Crippen LogP contribution in [0.4, 0.5) is 0 Å². The van der Waals surface area contributed by atoms with Gasteiger partial charge in [0.25, 0.3) is 0 Å². The van der Waals surface area contributed by atoms with Crippen molar-refractivity contribution in [3.05, 3.63) is 0 Å². The molecule has 0 bridgehead atoms. The number of carboxylic acids is 2. The van der Waals surface area contributed by atoms with E-state index in [4.69, 9.17) is 33.1 Å². The topological polar surface area (TPSA) is 325 Å². The summed E-state index contributed by atoms with van der Waals surface area (Å²) in [5, 5.41) is 27.2. The predicted molar refractivity (Wildman–Crippen MR) is 140 cm³/mol. The number of aliphatic carboxylic acids is 2. The second-order valence-corrected chi connectivity index (χ2v) is 9.24. The van der Waals surface area contributed by atoms with Crippen LogP contribution in [0.3, 0.4) is 0 Å². The van der Waals surface area contributed by atoms with Crippen molar-refractivity contribution in [3.8, 4) is 0 Å². The van der Waals surface area contributed by atoms with Gasteiger partial charge in [-0.1, -0.05) is 13.8 Å². The molecule has 0 spiro atoms. The number of carboxylic acid groups (broad SMARTS) is 2. The number of carbonyl (C=O) groups is 7. The minimum Gasteiger partial charge on any atom is -0.481 e. The van der Waals surface area contributed by atoms with Crippen molar-refractivity contribution in [2.24, 2.45) is 33.8 Å². The summed E-state index contributed by atoms with van der Waals surface area (Å²) in [5.74, 6) is -7.98. The van der Waals surface area contributed by atoms with Crippen LogP contribution >= 0.6 is 0 Å². The number of carbonyl (C=O) groups excluding carboxylic acids is 5. The summed E-state index contributed by atoms with van der Waals surface area (Å²) < 4.78 is 0. The Kier molecular flexibility index (Phi) is 15.3. The molecule has 226 valence electrons. The van der Waals surface area contributed by atoms with Crippen LogP contribution in [0.15, 0.2) is 4.99 Å². The number of nitrogens with one attached hydrogen (secondary N) is 4. The second-order valence-electron chi connectivity index (χ2n) is 9.24. The van der Waals surface area contributed by atoms with E-state index in [9.17, 15) is 33.6 Å². The van der Waals surface area contributed by atoms with Crippen LogP contribution in [0.25, 0.3) is 0 Å². The minimum atomic E-state index is -1.73. The molecule has 0 saturated carbocycles. The number of hydrogen-bond acceptors (Lipinski definition) is 9. The maximum atomic E-state index is 13.1. The van der Waals surface area contributed by atoms with Gasteiger partial charge in [-0.05, 0) is 25.7 Å². The molecule has 40 heavy (non-hydrogen) atoms. The lowest BCUT2D eigenvalue weighted by atomic mass is 10.0. The van der Waals surface area contributed by atoms with Crippen molar-refractivity contribution in [1.82, 2.24) is 21.3 Å². The molecule has 0 aromatic heterocycles. The van der Waals surface area contributed by atoms with Crippen LogP contribution in [0, 0.1) is 5.92 Å². The summed E-state index contributed by atoms with van der Waals surface area (Å²) in [7, 11) is 0. The zero-order chi connectivity index (χ0) is 31.2. The molecule has 14 N–H and O–H groups in total. The molecule has 0 aliphatic carbocycles. The van der Waals surface area contributed by atoms with E-state index < -0.39 is 90.4 Å². The molecule has 0 rings (SSSR count). The molecule has 0 heterocycles. The highest BCUT2D eigenvalue weighted by Crippen LogP contribution is 2.07. The first-order chi connectivity index (χ1) is 18.5. The van der Waals surface area contributed by atoms with Crippen molar-refractivity contribution >= 4 is 47.4 Å². The SMILES string of the molecule is CC(C)[C@H](NC(=O)[C@H](CCCN=C(N)N)NC(=O)[C@@H](N)CC(N)=O)C(=O)N[C@@H](C)C(=O)N[C@@H](CC(=O)O)C(=O)O. The molecular weight excluding hydrogens is 534 g/mol. The summed E-state index contributed by atoms with van der Waals surface area (Å²) in [6.07, 6.45) is -1.10. The Morgan fingerprint density at radius 1 is 0.750 bits per heavy atom. The molecular formula is C22H39N9O9. The fourth-order valence-electron chi connectivity index (χ4n) is 3.19. The number of aliphatic imine (C=N–C) groups is 1. The first-order valence-corrected chi connectivity index (χ1v) is 12.2. The van der Waals surface area contributed by atoms with E-state index in [2.05, 4.69) is 20.9 Å². The molecule has 0 aliphatic rings. The lowest BCUT2D eigenvalue weighted by Crippen LogP contribution is -2.59. The Balaban J connectivity index is 5.55. The van der Waals surface area contributed by atoms with Crippen LogP contribution in [0.5, 0.6) is 0 Å². The molecule has 0 fully saturated rings. The van der Waals surface area contributed by atoms with Crippen LogP contribution in [-0.4, -0.2) is 94.4 Å². The minimum absolute atomic E-state index is 0.0169. The number of primary amides is 1. The third kappa shape index (κ3) is 13.9. The van der Waals surface area contributed by atoms with Crippen LogP contribution in [0.1, 0.15) is 46.5 Å². The van der Waals surface area contributed by atoms with Gasteiger partial charge in [0.1, 0.15) is 24.2 Å². The zero-order valence-electron chi connectivity index (χ0n) is 22.5. The van der Waals surface area contributed by atoms with E-state index in [0.717, 1.165) is 0 Å². The average molecular weight is 574 g/mol. The third-order valence-electron chi connectivity index (χ3n) is 5.33. The lowest BCUT2D eigenvalue weighted by Gasteiger charge is -2.27. The number of rotatable bonds is 18. The Bertz CT molecular complexity index is 983. The Hall–Kier alpha value is -4.48. The number of hydrogen-bond donors (Lipinski definition) is 10. The highest BCUT2D eigenvalue weighted by Gasteiger charge is 2.32. The van der Waals surface area contributed by atoms with Gasteiger partial charge >= 0.3 is 11.9 Å². The number of nitrogens with two attached hydrogens (primary N) is 4. The summed E-state index contributed by atoms with van der Waals surface area (Å²) >= 11 is 0. The number of amides is 5. The van der Waals surface area contributed by atoms with Crippen molar-refractivity contribution in [3.63, 3.8) is 0 Å². The van der Waals surface area contributed by atoms with Gasteiger partial charge in [-0.15, -0.1) is 0 Å². The van der Waals surface area contributed by atoms with Crippen molar-refractivity contribution in [2.45, 2.75) is 76.7 Å². The fourth-order valence-corrected chi connectivity index (χ4v) is 3.19. The van der Waals surface area contributed by atoms with Gasteiger partial charge in [-0.25, -0.2) is 4.79 Å². The standard InChI is InChI=1S/C22H39N9O9/c1-9(2)16(20(38)28-10(3)17(35)30-13(21(39)40)8-15(33)34)31-19(37)12(5-4-6-27-22(25)26)29-18(36)11(23)7-14(24)32/h9-13,16H,4-8,23H2,1-3H3,(H2,24,32)(H,28,38)(H,29,36)(H,30,35)(H,31,37)(H,33,34)(H,39,40)(H4,25,26,27)/t10-,11-,12-,13-,16-/m0/s1. The van der Waals surface area contributed by atoms with Gasteiger partial charge in [-0.2, -0.15) is 0 Å². The third-order valence-corrected chi connectivity index (χ3v) is 5.33. The second kappa shape index (κ2) is 17.2. The van der Waals surface area contributed by atoms with Crippen LogP contribution in [0.2, 0.25) is 0 Å². The van der Waals surface area contributed by atoms with Gasteiger partial charge in [-0.3, -0.25) is 33.8 Å². The maximum absolute atomic E-state index is 13.1. The van der Waals surface area contributed by atoms with E-state index >= 15 is 0 Å². The summed E-state index contributed by atoms with van der Waals surface area (Å²) in [6.45, 7) is 4.55. The summed E-state index contributed by atoms with van der Waals surface area (Å²) in [6, 6.07) is -6.79. The average Bonchev–Trinajstić information content (AvgIpc) is 2.82. The van der Waals surface area contributed by atoms with Crippen LogP contribution in [-0.2, 0) is 33.6 Å². The number of nitrogens with zero attached hydrogens (tertiary/aromatic N) is 1. The van der Waals surface area contributed by atoms with E-state index in [1.54, 1.807) is 13.8 Å². The Labute approximate surface area is 230 Å². The molecule has 5 amide bonds. The van der Waals surface area contributed by atoms with Gasteiger partial charge in [0, 0.05) is 6.54 Å². The Morgan fingerprint density at radius 3 is 1.80 bits per heavy atom. The highest BCUT2D eigenvalue weighted by molar-refractivity contribution is 5.96. The van der Waals surface area contributed by atoms with E-state index in [-0.39, 0.29) is 25.3 Å². The van der Waals surface area contributed by atoms with E-state index in [1.807, 2.05) is 5.32 Å². The molecule has 0 aliphatic heterocycles. The largest absolute Gasteiger partial charge is 0.481 e. The van der Waals surface area contributed by atoms with Crippen molar-refractivity contribution < 1.29 is 43.8 Å². The van der Waals surface area contributed by atoms with Gasteiger partial charge in [0.2, 0.25) is 29.5 Å². The van der Waals surface area contributed by atoms with Gasteiger partial charge in [0.05, 0.1) is 18.9 Å². The van der Waals surface area contributed by atoms with Crippen molar-refractivity contribution in [1.29, 1.82) is 0 Å². The highest BCUT2D eigenvalue weighted by atomic mass is 16.4. The molecule has 0 aromatic carbocycles. The maximum Gasteiger partial charge on any atom is 0.326 e. The zero-order valence-corrected chi connectivity index (χ0v) is 22.5. The summed E-state index contributed by atoms with van der Waals surface area (Å²) in [5.41, 5.74) is 21.3. The van der Waals surface area contributed by atoms with Gasteiger partial charge < -0.3 is 54.4 Å². The van der Waals surface area contributed by atoms with Crippen LogP contribution < -0.4 is 44.2 Å². The smallest absolute Gasteiger partial charge is 0.326 e. The summed E-state index contributed by atoms with van der Waals surface area (Å²) in [4.78, 5) is 87.7. The Morgan fingerprint density at radius 2 is 1.32 bits per heavy atom. The lowest BCUT2D eigenvalue weighted by molar-refractivity contribution is -0.147. The molecule has 18 nitrogen and oxygen atoms in total. The first kappa shape index (κ1) is 35.5. The molecule has 0 saturated heterocycles. The molecule has 5 atom stereocenters. The fraction of sp³-hybridized carbons (Fsp3) is 0.636. The normalized spacial score (nSPS) is 14.4. The van der Waals surface area contributed by atoms with Crippen molar-refractivity contribution in [2.75, 3.05) is 6.54 Å². The molecule has 0 radical (unpaired) electrons. The molecule has 18 heteroatoms. The van der Waals surface area contributed by atoms with E-state index in [0.29, 0.717) is 0 Å². The van der Waals surface area contributed by atoms with E-state index in [1.165, 1.54) is 6.92 Å². The van der Waals surface area contributed by atoms with Gasteiger partial charge in [0.15, 0.2) is 5.96 Å². The molecule has 0 unspecified atom stereocenters.